The zero-order valence-corrected chi connectivity index (χ0v) is 11.0. The van der Waals surface area contributed by atoms with Crippen LogP contribution in [-0.2, 0) is 4.79 Å². The molecule has 1 aliphatic rings. The molecule has 1 aromatic carbocycles. The zero-order chi connectivity index (χ0) is 13.0. The molecule has 0 fully saturated rings. The van der Waals surface area contributed by atoms with E-state index in [0.717, 1.165) is 24.4 Å². The van der Waals surface area contributed by atoms with Crippen molar-refractivity contribution < 1.29 is 9.53 Å². The second-order valence-corrected chi connectivity index (χ2v) is 4.42. The molecule has 0 saturated carbocycles. The summed E-state index contributed by atoms with van der Waals surface area (Å²) in [6.45, 7) is 5.96. The monoisotopic (exact) mass is 248 g/mol. The Kier molecular flexibility index (Phi) is 4.20. The van der Waals surface area contributed by atoms with Gasteiger partial charge >= 0.3 is 0 Å². The van der Waals surface area contributed by atoms with Crippen LogP contribution in [-0.4, -0.2) is 31.6 Å². The van der Waals surface area contributed by atoms with Crippen molar-refractivity contribution in [2.45, 2.75) is 26.3 Å². The van der Waals surface area contributed by atoms with Crippen LogP contribution in [0.25, 0.3) is 0 Å². The van der Waals surface area contributed by atoms with Gasteiger partial charge in [0.25, 0.3) is 5.91 Å². The minimum absolute atomic E-state index is 0.0325. The summed E-state index contributed by atoms with van der Waals surface area (Å²) in [6.07, 6.45) is 1.00. The lowest BCUT2D eigenvalue weighted by Crippen LogP contribution is -2.47. The molecule has 1 heterocycles. The third-order valence-corrected chi connectivity index (χ3v) is 3.20. The molecule has 1 aromatic rings. The summed E-state index contributed by atoms with van der Waals surface area (Å²) in [7, 11) is 0. The summed E-state index contributed by atoms with van der Waals surface area (Å²) in [6, 6.07) is 8.02. The van der Waals surface area contributed by atoms with Crippen LogP contribution in [0.5, 0.6) is 5.75 Å². The average Bonchev–Trinajstić information content (AvgIpc) is 2.41. The van der Waals surface area contributed by atoms with Gasteiger partial charge in [-0.15, -0.1) is 0 Å². The molecule has 18 heavy (non-hydrogen) atoms. The largest absolute Gasteiger partial charge is 0.482 e. The van der Waals surface area contributed by atoms with Gasteiger partial charge in [-0.2, -0.15) is 0 Å². The number of likely N-dealkylation sites (N-methyl/N-ethyl adjacent to an activating group) is 1. The molecule has 1 unspecified atom stereocenters. The summed E-state index contributed by atoms with van der Waals surface area (Å²) in [5, 5.41) is 3.40. The highest BCUT2D eigenvalue weighted by molar-refractivity contribution is 5.97. The minimum Gasteiger partial charge on any atom is -0.482 e. The van der Waals surface area contributed by atoms with Crippen molar-refractivity contribution in [2.24, 2.45) is 0 Å². The number of fused-ring (bicyclic) bond motifs is 1. The van der Waals surface area contributed by atoms with E-state index in [4.69, 9.17) is 4.74 Å². The van der Waals surface area contributed by atoms with E-state index in [1.165, 1.54) is 0 Å². The van der Waals surface area contributed by atoms with Gasteiger partial charge in [0.05, 0.1) is 5.69 Å². The zero-order valence-electron chi connectivity index (χ0n) is 11.0. The molecule has 0 bridgehead atoms. The van der Waals surface area contributed by atoms with Crippen LogP contribution in [0.2, 0.25) is 0 Å². The standard InChI is InChI=1S/C14H20N2O2/c1-3-11(15-4-2)9-16-12-7-5-6-8-13(12)18-10-14(16)17/h5-8,11,15H,3-4,9-10H2,1-2H3. The van der Waals surface area contributed by atoms with Crippen molar-refractivity contribution >= 4 is 11.6 Å². The van der Waals surface area contributed by atoms with E-state index in [1.54, 1.807) is 0 Å². The molecule has 98 valence electrons. The number of carbonyl (C=O) groups is 1. The lowest BCUT2D eigenvalue weighted by atomic mass is 10.1. The smallest absolute Gasteiger partial charge is 0.265 e. The fraction of sp³-hybridized carbons (Fsp3) is 0.500. The van der Waals surface area contributed by atoms with E-state index in [0.29, 0.717) is 12.6 Å². The Balaban J connectivity index is 2.18. The second kappa shape index (κ2) is 5.87. The number of amides is 1. The van der Waals surface area contributed by atoms with Crippen molar-refractivity contribution in [3.63, 3.8) is 0 Å². The average molecular weight is 248 g/mol. The van der Waals surface area contributed by atoms with Crippen molar-refractivity contribution in [1.82, 2.24) is 5.32 Å². The fourth-order valence-corrected chi connectivity index (χ4v) is 2.20. The van der Waals surface area contributed by atoms with Crippen LogP contribution in [0.4, 0.5) is 5.69 Å². The number of benzene rings is 1. The molecular weight excluding hydrogens is 228 g/mol. The van der Waals surface area contributed by atoms with Crippen molar-refractivity contribution in [3.05, 3.63) is 24.3 Å². The van der Waals surface area contributed by atoms with Gasteiger partial charge < -0.3 is 15.0 Å². The van der Waals surface area contributed by atoms with E-state index in [9.17, 15) is 4.79 Å². The quantitative estimate of drug-likeness (QED) is 0.864. The van der Waals surface area contributed by atoms with Crippen molar-refractivity contribution in [3.8, 4) is 5.75 Å². The summed E-state index contributed by atoms with van der Waals surface area (Å²) in [4.78, 5) is 13.8. The highest BCUT2D eigenvalue weighted by Crippen LogP contribution is 2.31. The van der Waals surface area contributed by atoms with Crippen molar-refractivity contribution in [2.75, 3.05) is 24.6 Å². The number of hydrogen-bond acceptors (Lipinski definition) is 3. The van der Waals surface area contributed by atoms with Gasteiger partial charge in [0.1, 0.15) is 5.75 Å². The van der Waals surface area contributed by atoms with Crippen molar-refractivity contribution in [1.29, 1.82) is 0 Å². The number of para-hydroxylation sites is 2. The number of rotatable bonds is 5. The lowest BCUT2D eigenvalue weighted by Gasteiger charge is -2.32. The van der Waals surface area contributed by atoms with Crippen LogP contribution < -0.4 is 15.0 Å². The fourth-order valence-electron chi connectivity index (χ4n) is 2.20. The Morgan fingerprint density at radius 1 is 1.39 bits per heavy atom. The van der Waals surface area contributed by atoms with Gasteiger partial charge in [0.2, 0.25) is 0 Å². The number of nitrogens with zero attached hydrogens (tertiary/aromatic N) is 1. The highest BCUT2D eigenvalue weighted by atomic mass is 16.5. The SMILES string of the molecule is CCNC(CC)CN1C(=O)COc2ccccc21. The summed E-state index contributed by atoms with van der Waals surface area (Å²) >= 11 is 0. The van der Waals surface area contributed by atoms with E-state index in [-0.39, 0.29) is 12.5 Å². The third-order valence-electron chi connectivity index (χ3n) is 3.20. The predicted molar refractivity (Wildman–Crippen MR) is 72.0 cm³/mol. The first-order chi connectivity index (χ1) is 8.76. The molecular formula is C14H20N2O2. The Labute approximate surface area is 108 Å². The Morgan fingerprint density at radius 3 is 2.89 bits per heavy atom. The Hall–Kier alpha value is -1.55. The lowest BCUT2D eigenvalue weighted by molar-refractivity contribution is -0.121. The first-order valence-corrected chi connectivity index (χ1v) is 6.51. The maximum atomic E-state index is 12.0. The first kappa shape index (κ1) is 12.9. The van der Waals surface area contributed by atoms with Crippen LogP contribution >= 0.6 is 0 Å². The maximum absolute atomic E-state index is 12.0. The van der Waals surface area contributed by atoms with Crippen LogP contribution in [0.15, 0.2) is 24.3 Å². The number of hydrogen-bond donors (Lipinski definition) is 1. The normalized spacial score (nSPS) is 16.1. The van der Waals surface area contributed by atoms with Gasteiger partial charge in [-0.3, -0.25) is 4.79 Å². The Morgan fingerprint density at radius 2 is 2.17 bits per heavy atom. The molecule has 0 saturated heterocycles. The molecule has 1 atom stereocenters. The third kappa shape index (κ3) is 2.64. The number of nitrogens with one attached hydrogen (secondary N) is 1. The number of ether oxygens (including phenoxy) is 1. The summed E-state index contributed by atoms with van der Waals surface area (Å²) in [5.41, 5.74) is 0.880. The highest BCUT2D eigenvalue weighted by Gasteiger charge is 2.26. The van der Waals surface area contributed by atoms with Crippen LogP contribution in [0.3, 0.4) is 0 Å². The number of carbonyl (C=O) groups excluding carboxylic acids is 1. The Bertz CT molecular complexity index is 420. The topological polar surface area (TPSA) is 41.6 Å². The molecule has 2 rings (SSSR count). The van der Waals surface area contributed by atoms with Gasteiger partial charge in [0, 0.05) is 12.6 Å². The first-order valence-electron chi connectivity index (χ1n) is 6.51. The predicted octanol–water partition coefficient (Wildman–Crippen LogP) is 1.80. The summed E-state index contributed by atoms with van der Waals surface area (Å²) < 4.78 is 5.43. The summed E-state index contributed by atoms with van der Waals surface area (Å²) in [5.74, 6) is 0.827. The molecule has 0 aromatic heterocycles. The minimum atomic E-state index is 0.0325. The van der Waals surface area contributed by atoms with Crippen LogP contribution in [0, 0.1) is 0 Å². The molecule has 0 spiro atoms. The van der Waals surface area contributed by atoms with Gasteiger partial charge in [0.15, 0.2) is 6.61 Å². The van der Waals surface area contributed by atoms with E-state index < -0.39 is 0 Å². The molecule has 0 radical (unpaired) electrons. The van der Waals surface area contributed by atoms with E-state index >= 15 is 0 Å². The van der Waals surface area contributed by atoms with Gasteiger partial charge in [-0.1, -0.05) is 26.0 Å². The molecule has 1 aliphatic heterocycles. The molecule has 1 amide bonds. The van der Waals surface area contributed by atoms with E-state index in [1.807, 2.05) is 29.2 Å². The maximum Gasteiger partial charge on any atom is 0.265 e. The molecule has 0 aliphatic carbocycles. The van der Waals surface area contributed by atoms with E-state index in [2.05, 4.69) is 19.2 Å². The van der Waals surface area contributed by atoms with Gasteiger partial charge in [-0.05, 0) is 25.1 Å². The van der Waals surface area contributed by atoms with Crippen LogP contribution in [0.1, 0.15) is 20.3 Å². The number of anilines is 1. The molecule has 4 nitrogen and oxygen atoms in total. The molecule has 4 heteroatoms. The second-order valence-electron chi connectivity index (χ2n) is 4.42. The molecule has 1 N–H and O–H groups in total. The van der Waals surface area contributed by atoms with Gasteiger partial charge in [-0.25, -0.2) is 0 Å².